The topological polar surface area (TPSA) is 57.8 Å². The van der Waals surface area contributed by atoms with E-state index in [1.165, 1.54) is 5.56 Å². The molecular formula is C18H20ClN3O. The SMILES string of the molecule is O=C(NC1(c2ccc(Cl)cc2)CCC1)C1CCCc2cn[nH]c21. The van der Waals surface area contributed by atoms with Gasteiger partial charge in [-0.25, -0.2) is 0 Å². The van der Waals surface area contributed by atoms with Crippen LogP contribution in [0.1, 0.15) is 54.8 Å². The van der Waals surface area contributed by atoms with Crippen molar-refractivity contribution in [1.29, 1.82) is 0 Å². The summed E-state index contributed by atoms with van der Waals surface area (Å²) in [6, 6.07) is 7.86. The van der Waals surface area contributed by atoms with Gasteiger partial charge in [0.2, 0.25) is 5.91 Å². The van der Waals surface area contributed by atoms with E-state index in [2.05, 4.69) is 15.5 Å². The van der Waals surface area contributed by atoms with Gasteiger partial charge in [-0.2, -0.15) is 5.10 Å². The number of carbonyl (C=O) groups excluding carboxylic acids is 1. The highest BCUT2D eigenvalue weighted by Gasteiger charge is 2.42. The largest absolute Gasteiger partial charge is 0.346 e. The average Bonchev–Trinajstić information content (AvgIpc) is 3.00. The van der Waals surface area contributed by atoms with Gasteiger partial charge < -0.3 is 5.32 Å². The van der Waals surface area contributed by atoms with E-state index in [9.17, 15) is 4.79 Å². The summed E-state index contributed by atoms with van der Waals surface area (Å²) in [4.78, 5) is 12.9. The van der Waals surface area contributed by atoms with Gasteiger partial charge in [-0.1, -0.05) is 23.7 Å². The predicted molar refractivity (Wildman–Crippen MR) is 89.4 cm³/mol. The molecule has 1 amide bonds. The van der Waals surface area contributed by atoms with Gasteiger partial charge in [0, 0.05) is 5.02 Å². The van der Waals surface area contributed by atoms with Crippen LogP contribution in [0.4, 0.5) is 0 Å². The number of nitrogens with zero attached hydrogens (tertiary/aromatic N) is 1. The van der Waals surface area contributed by atoms with Crippen molar-refractivity contribution in [1.82, 2.24) is 15.5 Å². The molecule has 120 valence electrons. The summed E-state index contributed by atoms with van der Waals surface area (Å²) < 4.78 is 0. The van der Waals surface area contributed by atoms with Gasteiger partial charge in [-0.15, -0.1) is 0 Å². The first-order valence-electron chi connectivity index (χ1n) is 8.28. The molecule has 5 heteroatoms. The van der Waals surface area contributed by atoms with E-state index in [1.807, 2.05) is 30.5 Å². The van der Waals surface area contributed by atoms with Crippen LogP contribution < -0.4 is 5.32 Å². The molecule has 2 aromatic rings. The van der Waals surface area contributed by atoms with Crippen molar-refractivity contribution < 1.29 is 4.79 Å². The molecule has 0 spiro atoms. The number of aromatic nitrogens is 2. The number of aryl methyl sites for hydroxylation is 1. The Morgan fingerprint density at radius 2 is 2.04 bits per heavy atom. The molecule has 0 saturated heterocycles. The number of H-pyrrole nitrogens is 1. The highest BCUT2D eigenvalue weighted by atomic mass is 35.5. The highest BCUT2D eigenvalue weighted by molar-refractivity contribution is 6.30. The van der Waals surface area contributed by atoms with Crippen LogP contribution >= 0.6 is 11.6 Å². The molecule has 1 saturated carbocycles. The van der Waals surface area contributed by atoms with Gasteiger partial charge in [-0.3, -0.25) is 9.89 Å². The van der Waals surface area contributed by atoms with Crippen LogP contribution in [0.2, 0.25) is 5.02 Å². The van der Waals surface area contributed by atoms with E-state index >= 15 is 0 Å². The van der Waals surface area contributed by atoms with Crippen molar-refractivity contribution >= 4 is 17.5 Å². The van der Waals surface area contributed by atoms with Crippen molar-refractivity contribution in [2.75, 3.05) is 0 Å². The summed E-state index contributed by atoms with van der Waals surface area (Å²) in [7, 11) is 0. The Kier molecular flexibility index (Phi) is 3.64. The Labute approximate surface area is 140 Å². The number of hydrogen-bond acceptors (Lipinski definition) is 2. The quantitative estimate of drug-likeness (QED) is 0.902. The zero-order valence-electron chi connectivity index (χ0n) is 12.9. The fraction of sp³-hybridized carbons (Fsp3) is 0.444. The van der Waals surface area contributed by atoms with Crippen LogP contribution in [-0.4, -0.2) is 16.1 Å². The number of hydrogen-bond donors (Lipinski definition) is 2. The lowest BCUT2D eigenvalue weighted by Crippen LogP contribution is -2.52. The minimum atomic E-state index is -0.223. The summed E-state index contributed by atoms with van der Waals surface area (Å²) in [5.41, 5.74) is 3.12. The number of halogens is 1. The Balaban J connectivity index is 1.57. The van der Waals surface area contributed by atoms with E-state index in [0.717, 1.165) is 54.8 Å². The molecule has 1 unspecified atom stereocenters. The fourth-order valence-corrected chi connectivity index (χ4v) is 3.96. The average molecular weight is 330 g/mol. The molecule has 4 rings (SSSR count). The van der Waals surface area contributed by atoms with E-state index in [0.29, 0.717) is 0 Å². The van der Waals surface area contributed by atoms with Crippen molar-refractivity contribution in [3.8, 4) is 0 Å². The molecule has 4 nitrogen and oxygen atoms in total. The molecule has 1 atom stereocenters. The summed E-state index contributed by atoms with van der Waals surface area (Å²) in [5.74, 6) is 0.0101. The van der Waals surface area contributed by atoms with Crippen LogP contribution in [0.15, 0.2) is 30.5 Å². The maximum atomic E-state index is 12.9. The molecule has 23 heavy (non-hydrogen) atoms. The number of nitrogens with one attached hydrogen (secondary N) is 2. The molecule has 1 aromatic heterocycles. The monoisotopic (exact) mass is 329 g/mol. The number of amides is 1. The number of fused-ring (bicyclic) bond motifs is 1. The second-order valence-corrected chi connectivity index (χ2v) is 7.12. The third-order valence-corrected chi connectivity index (χ3v) is 5.57. The minimum absolute atomic E-state index is 0.106. The van der Waals surface area contributed by atoms with E-state index < -0.39 is 0 Å². The number of carbonyl (C=O) groups is 1. The first kappa shape index (κ1) is 14.8. The van der Waals surface area contributed by atoms with Gasteiger partial charge in [0.25, 0.3) is 0 Å². The smallest absolute Gasteiger partial charge is 0.229 e. The molecule has 0 bridgehead atoms. The molecule has 0 radical (unpaired) electrons. The summed E-state index contributed by atoms with van der Waals surface area (Å²) >= 11 is 6.00. The van der Waals surface area contributed by atoms with Gasteiger partial charge in [0.1, 0.15) is 0 Å². The van der Waals surface area contributed by atoms with Crippen LogP contribution in [0, 0.1) is 0 Å². The molecule has 1 aromatic carbocycles. The third-order valence-electron chi connectivity index (χ3n) is 5.32. The normalized spacial score (nSPS) is 22.0. The van der Waals surface area contributed by atoms with Gasteiger partial charge >= 0.3 is 0 Å². The molecule has 2 aliphatic rings. The van der Waals surface area contributed by atoms with Crippen LogP contribution in [0.25, 0.3) is 0 Å². The zero-order chi connectivity index (χ0) is 15.9. The molecule has 1 fully saturated rings. The van der Waals surface area contributed by atoms with Crippen molar-refractivity contribution in [2.45, 2.75) is 50.0 Å². The number of rotatable bonds is 3. The molecular weight excluding hydrogens is 310 g/mol. The standard InChI is InChI=1S/C18H20ClN3O/c19-14-7-5-13(6-8-14)18(9-2-10-18)21-17(23)15-4-1-3-12-11-20-22-16(12)15/h5-8,11,15H,1-4,9-10H2,(H,20,22)(H,21,23). The second-order valence-electron chi connectivity index (χ2n) is 6.69. The van der Waals surface area contributed by atoms with Crippen molar-refractivity contribution in [3.63, 3.8) is 0 Å². The third kappa shape index (κ3) is 2.55. The summed E-state index contributed by atoms with van der Waals surface area (Å²) in [6.07, 6.45) is 7.91. The Morgan fingerprint density at radius 3 is 2.74 bits per heavy atom. The van der Waals surface area contributed by atoms with Gasteiger partial charge in [0.15, 0.2) is 0 Å². The lowest BCUT2D eigenvalue weighted by atomic mass is 9.71. The number of benzene rings is 1. The maximum Gasteiger partial charge on any atom is 0.229 e. The fourth-order valence-electron chi connectivity index (χ4n) is 3.83. The van der Waals surface area contributed by atoms with Crippen LogP contribution in [0.3, 0.4) is 0 Å². The lowest BCUT2D eigenvalue weighted by Gasteiger charge is -2.44. The van der Waals surface area contributed by atoms with E-state index in [-0.39, 0.29) is 17.4 Å². The van der Waals surface area contributed by atoms with Crippen molar-refractivity contribution in [3.05, 3.63) is 52.3 Å². The Bertz CT molecular complexity index is 718. The van der Waals surface area contributed by atoms with E-state index in [4.69, 9.17) is 11.6 Å². The van der Waals surface area contributed by atoms with Gasteiger partial charge in [-0.05, 0) is 61.8 Å². The molecule has 1 heterocycles. The summed E-state index contributed by atoms with van der Waals surface area (Å²) in [5, 5.41) is 11.2. The van der Waals surface area contributed by atoms with Crippen molar-refractivity contribution in [2.24, 2.45) is 0 Å². The maximum absolute atomic E-state index is 12.9. The van der Waals surface area contributed by atoms with Crippen LogP contribution in [0.5, 0.6) is 0 Å². The summed E-state index contributed by atoms with van der Waals surface area (Å²) in [6.45, 7) is 0. The lowest BCUT2D eigenvalue weighted by molar-refractivity contribution is -0.126. The molecule has 0 aliphatic heterocycles. The molecule has 2 N–H and O–H groups in total. The minimum Gasteiger partial charge on any atom is -0.346 e. The first-order chi connectivity index (χ1) is 11.2. The predicted octanol–water partition coefficient (Wildman–Crippen LogP) is 3.68. The van der Waals surface area contributed by atoms with Crippen LogP contribution in [-0.2, 0) is 16.8 Å². The number of aromatic amines is 1. The zero-order valence-corrected chi connectivity index (χ0v) is 13.7. The Hall–Kier alpha value is -1.81. The van der Waals surface area contributed by atoms with Gasteiger partial charge in [0.05, 0.1) is 23.3 Å². The molecule has 2 aliphatic carbocycles. The van der Waals surface area contributed by atoms with E-state index in [1.54, 1.807) is 0 Å². The second kappa shape index (κ2) is 5.68. The highest BCUT2D eigenvalue weighted by Crippen LogP contribution is 2.42. The first-order valence-corrected chi connectivity index (χ1v) is 8.66. The Morgan fingerprint density at radius 1 is 1.26 bits per heavy atom.